The summed E-state index contributed by atoms with van der Waals surface area (Å²) in [5, 5.41) is 11.3. The molecule has 0 saturated carbocycles. The number of rotatable bonds is 3. The molecule has 0 aliphatic heterocycles. The van der Waals surface area contributed by atoms with E-state index in [1.54, 1.807) is 12.1 Å². The minimum absolute atomic E-state index is 0.289. The van der Waals surface area contributed by atoms with Gasteiger partial charge in [0, 0.05) is 11.8 Å². The molecule has 1 unspecified atom stereocenters. The highest BCUT2D eigenvalue weighted by Gasteiger charge is 2.16. The third-order valence-corrected chi connectivity index (χ3v) is 4.35. The van der Waals surface area contributed by atoms with Crippen LogP contribution in [-0.4, -0.2) is 5.11 Å². The fourth-order valence-corrected chi connectivity index (χ4v) is 2.79. The van der Waals surface area contributed by atoms with E-state index in [1.807, 2.05) is 31.2 Å². The molecule has 0 saturated heterocycles. The molecule has 21 heavy (non-hydrogen) atoms. The normalized spacial score (nSPS) is 12.8. The Hall–Kier alpha value is -1.65. The quantitative estimate of drug-likeness (QED) is 0.728. The van der Waals surface area contributed by atoms with Crippen LogP contribution in [0.3, 0.4) is 0 Å². The van der Waals surface area contributed by atoms with Crippen molar-refractivity contribution in [3.05, 3.63) is 69.6 Å². The molecule has 0 radical (unpaired) electrons. The molecule has 3 aromatic rings. The Labute approximate surface area is 130 Å². The Morgan fingerprint density at radius 2 is 2.05 bits per heavy atom. The molecular formula is C17H14BrFO2. The average Bonchev–Trinajstić information content (AvgIpc) is 2.87. The molecule has 0 amide bonds. The predicted octanol–water partition coefficient (Wildman–Crippen LogP) is 4.92. The molecule has 1 heterocycles. The number of furan rings is 1. The molecule has 1 atom stereocenters. The topological polar surface area (TPSA) is 33.4 Å². The SMILES string of the molecule is Cc1ccc2oc(C(O)Cc3cccc(F)c3Br)cc2c1. The maximum Gasteiger partial charge on any atom is 0.137 e. The molecule has 2 aromatic carbocycles. The van der Waals surface area contributed by atoms with Gasteiger partial charge in [-0.15, -0.1) is 0 Å². The Balaban J connectivity index is 1.89. The van der Waals surface area contributed by atoms with Gasteiger partial charge in [-0.25, -0.2) is 4.39 Å². The van der Waals surface area contributed by atoms with Gasteiger partial charge in [0.15, 0.2) is 0 Å². The maximum atomic E-state index is 13.5. The molecule has 1 N–H and O–H groups in total. The smallest absolute Gasteiger partial charge is 0.137 e. The Morgan fingerprint density at radius 3 is 2.86 bits per heavy atom. The summed E-state index contributed by atoms with van der Waals surface area (Å²) >= 11 is 3.21. The van der Waals surface area contributed by atoms with Gasteiger partial charge in [-0.1, -0.05) is 23.8 Å². The fourth-order valence-electron chi connectivity index (χ4n) is 2.36. The second-order valence-corrected chi connectivity index (χ2v) is 5.92. The van der Waals surface area contributed by atoms with Crippen molar-refractivity contribution in [2.45, 2.75) is 19.4 Å². The number of halogens is 2. The Kier molecular flexibility index (Phi) is 3.83. The third kappa shape index (κ3) is 2.87. The van der Waals surface area contributed by atoms with Gasteiger partial charge in [-0.3, -0.25) is 0 Å². The highest BCUT2D eigenvalue weighted by molar-refractivity contribution is 9.10. The molecule has 3 rings (SSSR count). The van der Waals surface area contributed by atoms with Crippen molar-refractivity contribution in [2.75, 3.05) is 0 Å². The number of hydrogen-bond donors (Lipinski definition) is 1. The first-order valence-electron chi connectivity index (χ1n) is 6.65. The zero-order chi connectivity index (χ0) is 15.0. The molecule has 4 heteroatoms. The van der Waals surface area contributed by atoms with E-state index in [9.17, 15) is 9.50 Å². The molecule has 0 spiro atoms. The van der Waals surface area contributed by atoms with Gasteiger partial charge >= 0.3 is 0 Å². The van der Waals surface area contributed by atoms with E-state index in [1.165, 1.54) is 6.07 Å². The maximum absolute atomic E-state index is 13.5. The summed E-state index contributed by atoms with van der Waals surface area (Å²) in [7, 11) is 0. The standard InChI is InChI=1S/C17H14BrFO2/c1-10-5-6-15-12(7-10)9-16(21-15)14(20)8-11-3-2-4-13(19)17(11)18/h2-7,9,14,20H,8H2,1H3. The van der Waals surface area contributed by atoms with Crippen LogP contribution < -0.4 is 0 Å². The second kappa shape index (κ2) is 5.62. The van der Waals surface area contributed by atoms with Gasteiger partial charge in [0.05, 0.1) is 4.47 Å². The van der Waals surface area contributed by atoms with E-state index in [-0.39, 0.29) is 12.2 Å². The lowest BCUT2D eigenvalue weighted by molar-refractivity contribution is 0.152. The van der Waals surface area contributed by atoms with Crippen molar-refractivity contribution in [2.24, 2.45) is 0 Å². The monoisotopic (exact) mass is 348 g/mol. The van der Waals surface area contributed by atoms with E-state index in [0.717, 1.165) is 16.5 Å². The number of hydrogen-bond acceptors (Lipinski definition) is 2. The third-order valence-electron chi connectivity index (χ3n) is 3.46. The van der Waals surface area contributed by atoms with E-state index in [0.29, 0.717) is 15.8 Å². The summed E-state index contributed by atoms with van der Waals surface area (Å²) in [4.78, 5) is 0. The van der Waals surface area contributed by atoms with Gasteiger partial charge in [0.25, 0.3) is 0 Å². The molecule has 2 nitrogen and oxygen atoms in total. The van der Waals surface area contributed by atoms with Crippen LogP contribution in [0.25, 0.3) is 11.0 Å². The summed E-state index contributed by atoms with van der Waals surface area (Å²) in [5.41, 5.74) is 2.59. The fraction of sp³-hybridized carbons (Fsp3) is 0.176. The van der Waals surface area contributed by atoms with Crippen LogP contribution in [0.15, 0.2) is 51.4 Å². The molecule has 108 valence electrons. The van der Waals surface area contributed by atoms with Crippen LogP contribution in [0.4, 0.5) is 4.39 Å². The van der Waals surface area contributed by atoms with Crippen molar-refractivity contribution in [1.82, 2.24) is 0 Å². The zero-order valence-corrected chi connectivity index (χ0v) is 13.0. The number of aryl methyl sites for hydroxylation is 1. The highest BCUT2D eigenvalue weighted by Crippen LogP contribution is 2.29. The van der Waals surface area contributed by atoms with Crippen molar-refractivity contribution in [3.63, 3.8) is 0 Å². The van der Waals surface area contributed by atoms with Gasteiger partial charge in [0.2, 0.25) is 0 Å². The zero-order valence-electron chi connectivity index (χ0n) is 11.4. The first-order chi connectivity index (χ1) is 10.0. The summed E-state index contributed by atoms with van der Waals surface area (Å²) < 4.78 is 19.5. The summed E-state index contributed by atoms with van der Waals surface area (Å²) in [6.07, 6.45) is -0.521. The van der Waals surface area contributed by atoms with Gasteiger partial charge < -0.3 is 9.52 Å². The Morgan fingerprint density at radius 1 is 1.24 bits per heavy atom. The Bertz CT molecular complexity index is 795. The van der Waals surface area contributed by atoms with Crippen LogP contribution in [0.1, 0.15) is 23.0 Å². The summed E-state index contributed by atoms with van der Waals surface area (Å²) in [6.45, 7) is 2.01. The lowest BCUT2D eigenvalue weighted by Crippen LogP contribution is -2.01. The minimum atomic E-state index is -0.809. The number of benzene rings is 2. The predicted molar refractivity (Wildman–Crippen MR) is 83.7 cm³/mol. The van der Waals surface area contributed by atoms with E-state index in [2.05, 4.69) is 15.9 Å². The molecule has 0 aliphatic rings. The summed E-state index contributed by atoms with van der Waals surface area (Å²) in [6, 6.07) is 12.5. The second-order valence-electron chi connectivity index (χ2n) is 5.12. The average molecular weight is 349 g/mol. The minimum Gasteiger partial charge on any atom is -0.458 e. The molecule has 0 fully saturated rings. The van der Waals surface area contributed by atoms with Crippen molar-refractivity contribution < 1.29 is 13.9 Å². The lowest BCUT2D eigenvalue weighted by Gasteiger charge is -2.09. The van der Waals surface area contributed by atoms with Crippen LogP contribution in [-0.2, 0) is 6.42 Å². The van der Waals surface area contributed by atoms with Crippen LogP contribution in [0.2, 0.25) is 0 Å². The lowest BCUT2D eigenvalue weighted by atomic mass is 10.1. The summed E-state index contributed by atoms with van der Waals surface area (Å²) in [5.74, 6) is 0.159. The van der Waals surface area contributed by atoms with E-state index >= 15 is 0 Å². The van der Waals surface area contributed by atoms with Crippen molar-refractivity contribution in [1.29, 1.82) is 0 Å². The number of fused-ring (bicyclic) bond motifs is 1. The van der Waals surface area contributed by atoms with E-state index < -0.39 is 6.10 Å². The highest BCUT2D eigenvalue weighted by atomic mass is 79.9. The molecule has 1 aromatic heterocycles. The van der Waals surface area contributed by atoms with Crippen LogP contribution >= 0.6 is 15.9 Å². The largest absolute Gasteiger partial charge is 0.458 e. The van der Waals surface area contributed by atoms with Crippen molar-refractivity contribution in [3.8, 4) is 0 Å². The van der Waals surface area contributed by atoms with Crippen LogP contribution in [0.5, 0.6) is 0 Å². The number of aliphatic hydroxyl groups excluding tert-OH is 1. The van der Waals surface area contributed by atoms with E-state index in [4.69, 9.17) is 4.42 Å². The van der Waals surface area contributed by atoms with Gasteiger partial charge in [-0.05, 0) is 52.7 Å². The first-order valence-corrected chi connectivity index (χ1v) is 7.45. The van der Waals surface area contributed by atoms with Gasteiger partial charge in [0.1, 0.15) is 23.3 Å². The molecular weight excluding hydrogens is 335 g/mol. The van der Waals surface area contributed by atoms with Crippen molar-refractivity contribution >= 4 is 26.9 Å². The van der Waals surface area contributed by atoms with Crippen LogP contribution in [0, 0.1) is 12.7 Å². The molecule has 0 aliphatic carbocycles. The van der Waals surface area contributed by atoms with Gasteiger partial charge in [-0.2, -0.15) is 0 Å². The first kappa shape index (κ1) is 14.3. The molecule has 0 bridgehead atoms. The number of aliphatic hydroxyl groups is 1.